The molecule has 0 aromatic carbocycles. The molecule has 2 atom stereocenters. The average Bonchev–Trinajstić information content (AvgIpc) is 2.25. The molecule has 2 fully saturated rings. The molecule has 2 aliphatic heterocycles. The van der Waals surface area contributed by atoms with Gasteiger partial charge in [0.15, 0.2) is 0 Å². The number of Topliss-reactive ketones (excluding diaryl/α,β-unsaturated/α-hetero) is 1. The van der Waals surface area contributed by atoms with E-state index in [-0.39, 0.29) is 5.92 Å². The highest BCUT2D eigenvalue weighted by molar-refractivity contribution is 5.83. The van der Waals surface area contributed by atoms with Crippen LogP contribution in [0.15, 0.2) is 0 Å². The molecular weight excluding hydrogens is 202 g/mol. The van der Waals surface area contributed by atoms with Crippen LogP contribution in [-0.4, -0.2) is 43.0 Å². The van der Waals surface area contributed by atoms with Crippen molar-refractivity contribution in [1.29, 1.82) is 0 Å². The maximum absolute atomic E-state index is 11.9. The van der Waals surface area contributed by atoms with Gasteiger partial charge in [-0.2, -0.15) is 0 Å². The second kappa shape index (κ2) is 4.99. The Balaban J connectivity index is 1.98. The Morgan fingerprint density at radius 1 is 1.38 bits per heavy atom. The van der Waals surface area contributed by atoms with Crippen molar-refractivity contribution in [2.45, 2.75) is 38.3 Å². The second-order valence-corrected chi connectivity index (χ2v) is 4.75. The minimum atomic E-state index is 0.205. The number of ether oxygens (including phenoxy) is 1. The number of rotatable bonds is 2. The van der Waals surface area contributed by atoms with Crippen LogP contribution in [0.5, 0.6) is 0 Å². The third kappa shape index (κ3) is 2.28. The Bertz CT molecular complexity index is 315. The maximum atomic E-state index is 11.9. The van der Waals surface area contributed by atoms with Crippen LogP contribution >= 0.6 is 0 Å². The first-order chi connectivity index (χ1) is 7.72. The monoisotopic (exact) mass is 221 g/mol. The fourth-order valence-corrected chi connectivity index (χ4v) is 2.68. The van der Waals surface area contributed by atoms with E-state index < -0.39 is 0 Å². The summed E-state index contributed by atoms with van der Waals surface area (Å²) in [4.78, 5) is 14.3. The zero-order chi connectivity index (χ0) is 11.5. The third-order valence-corrected chi connectivity index (χ3v) is 3.78. The molecule has 16 heavy (non-hydrogen) atoms. The van der Waals surface area contributed by atoms with Crippen molar-refractivity contribution in [3.05, 3.63) is 0 Å². The number of likely N-dealkylation sites (N-methyl/N-ethyl adjacent to an activating group) is 1. The minimum absolute atomic E-state index is 0.205. The molecule has 0 aromatic rings. The second-order valence-electron chi connectivity index (χ2n) is 4.75. The van der Waals surface area contributed by atoms with Gasteiger partial charge in [-0.15, -0.1) is 5.92 Å². The Hall–Kier alpha value is -0.850. The van der Waals surface area contributed by atoms with E-state index in [1.54, 1.807) is 6.92 Å². The third-order valence-electron chi connectivity index (χ3n) is 3.78. The van der Waals surface area contributed by atoms with Gasteiger partial charge in [-0.05, 0) is 26.8 Å². The van der Waals surface area contributed by atoms with Crippen molar-refractivity contribution in [2.24, 2.45) is 5.92 Å². The molecule has 0 radical (unpaired) electrons. The Morgan fingerprint density at radius 2 is 2.00 bits per heavy atom. The number of hydrogen-bond acceptors (Lipinski definition) is 3. The van der Waals surface area contributed by atoms with Gasteiger partial charge in [-0.1, -0.05) is 5.92 Å². The molecule has 0 saturated carbocycles. The zero-order valence-corrected chi connectivity index (χ0v) is 10.0. The summed E-state index contributed by atoms with van der Waals surface area (Å²) in [5.74, 6) is 6.19. The van der Waals surface area contributed by atoms with Gasteiger partial charge in [0, 0.05) is 18.0 Å². The first-order valence-corrected chi connectivity index (χ1v) is 5.94. The van der Waals surface area contributed by atoms with E-state index in [4.69, 9.17) is 4.74 Å². The van der Waals surface area contributed by atoms with Crippen LogP contribution in [0.1, 0.15) is 26.2 Å². The summed E-state index contributed by atoms with van der Waals surface area (Å²) in [6.07, 6.45) is 2.31. The van der Waals surface area contributed by atoms with E-state index in [1.165, 1.54) is 0 Å². The molecule has 2 unspecified atom stereocenters. The lowest BCUT2D eigenvalue weighted by atomic mass is 9.82. The largest absolute Gasteiger partial charge is 0.378 e. The first-order valence-electron chi connectivity index (χ1n) is 5.94. The predicted molar refractivity (Wildman–Crippen MR) is 62.0 cm³/mol. The summed E-state index contributed by atoms with van der Waals surface area (Å²) in [5.41, 5.74) is 0. The van der Waals surface area contributed by atoms with Gasteiger partial charge in [0.05, 0.1) is 19.6 Å². The van der Waals surface area contributed by atoms with Gasteiger partial charge in [0.1, 0.15) is 5.78 Å². The van der Waals surface area contributed by atoms with Gasteiger partial charge in [0.2, 0.25) is 0 Å². The fraction of sp³-hybridized carbons (Fsp3) is 0.769. The molecule has 0 N–H and O–H groups in total. The van der Waals surface area contributed by atoms with Crippen molar-refractivity contribution in [2.75, 3.05) is 20.3 Å². The van der Waals surface area contributed by atoms with E-state index in [0.717, 1.165) is 26.1 Å². The number of fused-ring (bicyclic) bond motifs is 2. The number of nitrogens with zero attached hydrogens (tertiary/aromatic N) is 1. The standard InChI is InChI=1S/C13H19NO2/c1-3-4-5-13(15)10-6-11-8-16-9-12(7-10)14(11)2/h10-12H,5-9H2,1-2H3. The number of hydrogen-bond donors (Lipinski definition) is 0. The number of morpholine rings is 1. The summed E-state index contributed by atoms with van der Waals surface area (Å²) < 4.78 is 5.54. The van der Waals surface area contributed by atoms with Crippen molar-refractivity contribution < 1.29 is 9.53 Å². The number of carbonyl (C=O) groups is 1. The minimum Gasteiger partial charge on any atom is -0.378 e. The summed E-state index contributed by atoms with van der Waals surface area (Å²) in [5, 5.41) is 0. The molecule has 2 aliphatic rings. The number of carbonyl (C=O) groups excluding carboxylic acids is 1. The highest BCUT2D eigenvalue weighted by Crippen LogP contribution is 2.31. The van der Waals surface area contributed by atoms with E-state index in [0.29, 0.717) is 24.3 Å². The lowest BCUT2D eigenvalue weighted by molar-refractivity contribution is -0.130. The topological polar surface area (TPSA) is 29.5 Å². The molecule has 2 saturated heterocycles. The lowest BCUT2D eigenvalue weighted by Crippen LogP contribution is -2.55. The van der Waals surface area contributed by atoms with Gasteiger partial charge >= 0.3 is 0 Å². The van der Waals surface area contributed by atoms with Crippen molar-refractivity contribution in [3.8, 4) is 11.8 Å². The smallest absolute Gasteiger partial charge is 0.147 e. The average molecular weight is 221 g/mol. The molecule has 3 nitrogen and oxygen atoms in total. The van der Waals surface area contributed by atoms with E-state index in [9.17, 15) is 4.79 Å². The first kappa shape index (κ1) is 11.6. The van der Waals surface area contributed by atoms with Gasteiger partial charge in [-0.3, -0.25) is 9.69 Å². The van der Waals surface area contributed by atoms with Crippen LogP contribution in [0.2, 0.25) is 0 Å². The lowest BCUT2D eigenvalue weighted by Gasteiger charge is -2.46. The summed E-state index contributed by atoms with van der Waals surface area (Å²) in [6.45, 7) is 3.33. The van der Waals surface area contributed by atoms with Crippen molar-refractivity contribution in [1.82, 2.24) is 4.90 Å². The zero-order valence-electron chi connectivity index (χ0n) is 10.0. The summed E-state index contributed by atoms with van der Waals surface area (Å²) in [7, 11) is 2.14. The van der Waals surface area contributed by atoms with Gasteiger partial charge < -0.3 is 4.74 Å². The SMILES string of the molecule is CC#CCC(=O)C1CC2COCC(C1)N2C. The number of piperidine rings is 1. The fourth-order valence-electron chi connectivity index (χ4n) is 2.68. The van der Waals surface area contributed by atoms with E-state index in [1.807, 2.05) is 0 Å². The molecular formula is C13H19NO2. The maximum Gasteiger partial charge on any atom is 0.147 e. The summed E-state index contributed by atoms with van der Waals surface area (Å²) in [6, 6.07) is 0.854. The van der Waals surface area contributed by atoms with Gasteiger partial charge in [0.25, 0.3) is 0 Å². The number of ketones is 1. The van der Waals surface area contributed by atoms with Crippen LogP contribution in [0.3, 0.4) is 0 Å². The molecule has 0 amide bonds. The normalized spacial score (nSPS) is 34.0. The molecule has 88 valence electrons. The molecule has 0 spiro atoms. The molecule has 0 aromatic heterocycles. The molecule has 3 heteroatoms. The Kier molecular flexibility index (Phi) is 3.63. The molecule has 2 heterocycles. The van der Waals surface area contributed by atoms with Crippen LogP contribution in [0.4, 0.5) is 0 Å². The van der Waals surface area contributed by atoms with Crippen LogP contribution in [0.25, 0.3) is 0 Å². The van der Waals surface area contributed by atoms with Crippen LogP contribution < -0.4 is 0 Å². The van der Waals surface area contributed by atoms with Crippen molar-refractivity contribution in [3.63, 3.8) is 0 Å². The van der Waals surface area contributed by atoms with Crippen molar-refractivity contribution >= 4 is 5.78 Å². The quantitative estimate of drug-likeness (QED) is 0.653. The van der Waals surface area contributed by atoms with E-state index in [2.05, 4.69) is 23.8 Å². The van der Waals surface area contributed by atoms with Crippen LogP contribution in [-0.2, 0) is 9.53 Å². The Morgan fingerprint density at radius 3 is 2.56 bits per heavy atom. The summed E-state index contributed by atoms with van der Waals surface area (Å²) >= 11 is 0. The predicted octanol–water partition coefficient (Wildman–Crippen LogP) is 1.08. The highest BCUT2D eigenvalue weighted by atomic mass is 16.5. The highest BCUT2D eigenvalue weighted by Gasteiger charge is 2.38. The molecule has 2 rings (SSSR count). The van der Waals surface area contributed by atoms with Gasteiger partial charge in [-0.25, -0.2) is 0 Å². The van der Waals surface area contributed by atoms with Crippen LogP contribution in [0, 0.1) is 17.8 Å². The molecule has 0 aliphatic carbocycles. The Labute approximate surface area is 97.1 Å². The van der Waals surface area contributed by atoms with E-state index >= 15 is 0 Å². The molecule has 2 bridgehead atoms.